The number of rotatable bonds is 1. The molecule has 8 nitrogen and oxygen atoms in total. The molecule has 0 radical (unpaired) electrons. The molecule has 1 rings (SSSR count). The zero-order valence-corrected chi connectivity index (χ0v) is 11.7. The van der Waals surface area contributed by atoms with Gasteiger partial charge in [0.2, 0.25) is 0 Å². The van der Waals surface area contributed by atoms with Gasteiger partial charge in [-0.15, -0.1) is 0 Å². The topological polar surface area (TPSA) is 147 Å². The average molecular weight is 292 g/mol. The molecule has 1 aliphatic rings. The Kier molecular flexibility index (Phi) is 8.12. The van der Waals surface area contributed by atoms with Crippen molar-refractivity contribution in [3.05, 3.63) is 0 Å². The first-order chi connectivity index (χ1) is 7.27. The lowest BCUT2D eigenvalue weighted by atomic mass is 9.91. The van der Waals surface area contributed by atoms with Crippen LogP contribution in [-0.4, -0.2) is 57.1 Å². The quantitative estimate of drug-likeness (QED) is 0.436. The number of nitrogens with two attached hydrogens (primary N) is 1. The molecule has 5 N–H and O–H groups in total. The Labute approximate surface area is 102 Å². The molecule has 17 heavy (non-hydrogen) atoms. The summed E-state index contributed by atoms with van der Waals surface area (Å²) in [6.45, 7) is 4.13. The standard InChI is InChI=1S/C5H12N2.2CH4O3S/c1-2-5(6)3-7-4-5;2*1-5(2,3)4/h7H,2-4,6H2,1H3;2*1H3,(H,2,3,4). The second-order valence-electron chi connectivity index (χ2n) is 3.79. The second-order valence-corrected chi connectivity index (χ2v) is 6.72. The molecular formula is C7H20N2O6S2. The summed E-state index contributed by atoms with van der Waals surface area (Å²) < 4.78 is 51.7. The van der Waals surface area contributed by atoms with Gasteiger partial charge in [0.05, 0.1) is 12.5 Å². The first-order valence-corrected chi connectivity index (χ1v) is 8.31. The van der Waals surface area contributed by atoms with Gasteiger partial charge in [-0.1, -0.05) is 6.92 Å². The average Bonchev–Trinajstić information content (AvgIpc) is 1.93. The third-order valence-corrected chi connectivity index (χ3v) is 1.66. The minimum Gasteiger partial charge on any atom is -0.323 e. The molecule has 0 atom stereocenters. The van der Waals surface area contributed by atoms with Gasteiger partial charge in [0.25, 0.3) is 20.2 Å². The molecule has 0 aromatic rings. The van der Waals surface area contributed by atoms with Crippen molar-refractivity contribution in [3.8, 4) is 0 Å². The van der Waals surface area contributed by atoms with Crippen LogP contribution in [0.1, 0.15) is 13.3 Å². The smallest absolute Gasteiger partial charge is 0.261 e. The molecule has 0 bridgehead atoms. The van der Waals surface area contributed by atoms with Gasteiger partial charge in [-0.2, -0.15) is 16.8 Å². The van der Waals surface area contributed by atoms with Gasteiger partial charge in [0, 0.05) is 18.6 Å². The van der Waals surface area contributed by atoms with Crippen molar-refractivity contribution in [3.63, 3.8) is 0 Å². The molecule has 0 aliphatic carbocycles. The number of nitrogens with one attached hydrogen (secondary N) is 1. The van der Waals surface area contributed by atoms with E-state index >= 15 is 0 Å². The van der Waals surface area contributed by atoms with E-state index in [1.807, 2.05) is 0 Å². The van der Waals surface area contributed by atoms with E-state index in [2.05, 4.69) is 12.2 Å². The fourth-order valence-electron chi connectivity index (χ4n) is 0.696. The van der Waals surface area contributed by atoms with E-state index in [4.69, 9.17) is 14.8 Å². The summed E-state index contributed by atoms with van der Waals surface area (Å²) >= 11 is 0. The molecule has 0 aromatic heterocycles. The van der Waals surface area contributed by atoms with Crippen LogP contribution in [0.5, 0.6) is 0 Å². The molecule has 0 amide bonds. The zero-order chi connectivity index (χ0) is 14.3. The van der Waals surface area contributed by atoms with Gasteiger partial charge in [-0.25, -0.2) is 0 Å². The lowest BCUT2D eigenvalue weighted by molar-refractivity contribution is 0.272. The van der Waals surface area contributed by atoms with Crippen LogP contribution in [0.4, 0.5) is 0 Å². The van der Waals surface area contributed by atoms with E-state index in [0.717, 1.165) is 19.5 Å². The predicted molar refractivity (Wildman–Crippen MR) is 65.0 cm³/mol. The molecule has 106 valence electrons. The van der Waals surface area contributed by atoms with Gasteiger partial charge in [0.15, 0.2) is 0 Å². The molecule has 10 heteroatoms. The Morgan fingerprint density at radius 3 is 1.35 bits per heavy atom. The van der Waals surface area contributed by atoms with Crippen molar-refractivity contribution in [1.82, 2.24) is 5.32 Å². The summed E-state index contributed by atoms with van der Waals surface area (Å²) in [4.78, 5) is 0. The lowest BCUT2D eigenvalue weighted by Crippen LogP contribution is -2.65. The number of hydrogen-bond acceptors (Lipinski definition) is 6. The van der Waals surface area contributed by atoms with Crippen LogP contribution in [0.2, 0.25) is 0 Å². The maximum Gasteiger partial charge on any atom is 0.261 e. The van der Waals surface area contributed by atoms with Crippen LogP contribution in [0.15, 0.2) is 0 Å². The minimum absolute atomic E-state index is 0.153. The molecule has 1 saturated heterocycles. The van der Waals surface area contributed by atoms with Gasteiger partial charge in [0.1, 0.15) is 0 Å². The highest BCUT2D eigenvalue weighted by molar-refractivity contribution is 7.85. The number of hydrogen-bond donors (Lipinski definition) is 4. The molecule has 1 heterocycles. The largest absolute Gasteiger partial charge is 0.323 e. The van der Waals surface area contributed by atoms with E-state index in [1.165, 1.54) is 0 Å². The zero-order valence-electron chi connectivity index (χ0n) is 10.0. The predicted octanol–water partition coefficient (Wildman–Crippen LogP) is -1.29. The summed E-state index contributed by atoms with van der Waals surface area (Å²) in [5, 5.41) is 3.13. The summed E-state index contributed by atoms with van der Waals surface area (Å²) in [5.41, 5.74) is 5.89. The third-order valence-electron chi connectivity index (χ3n) is 1.66. The van der Waals surface area contributed by atoms with Crippen LogP contribution in [-0.2, 0) is 20.2 Å². The van der Waals surface area contributed by atoms with Crippen molar-refractivity contribution in [2.24, 2.45) is 5.73 Å². The van der Waals surface area contributed by atoms with Crippen molar-refractivity contribution >= 4 is 20.2 Å². The van der Waals surface area contributed by atoms with Crippen LogP contribution in [0, 0.1) is 0 Å². The van der Waals surface area contributed by atoms with E-state index in [-0.39, 0.29) is 5.54 Å². The van der Waals surface area contributed by atoms with Gasteiger partial charge in [-0.05, 0) is 6.42 Å². The van der Waals surface area contributed by atoms with Crippen molar-refractivity contribution < 1.29 is 25.9 Å². The Morgan fingerprint density at radius 1 is 1.12 bits per heavy atom. The Hall–Kier alpha value is -0.260. The molecule has 1 fully saturated rings. The maximum absolute atomic E-state index is 9.19. The van der Waals surface area contributed by atoms with Crippen molar-refractivity contribution in [1.29, 1.82) is 0 Å². The monoisotopic (exact) mass is 292 g/mol. The van der Waals surface area contributed by atoms with Crippen molar-refractivity contribution in [2.45, 2.75) is 18.9 Å². The van der Waals surface area contributed by atoms with Gasteiger partial charge in [-0.3, -0.25) is 9.11 Å². The fourth-order valence-corrected chi connectivity index (χ4v) is 0.696. The van der Waals surface area contributed by atoms with Crippen LogP contribution in [0.3, 0.4) is 0 Å². The highest BCUT2D eigenvalue weighted by Gasteiger charge is 2.29. The Balaban J connectivity index is 0. The van der Waals surface area contributed by atoms with Gasteiger partial charge >= 0.3 is 0 Å². The molecule has 0 spiro atoms. The molecule has 0 saturated carbocycles. The molecule has 0 unspecified atom stereocenters. The Morgan fingerprint density at radius 2 is 1.35 bits per heavy atom. The van der Waals surface area contributed by atoms with Crippen LogP contribution < -0.4 is 11.1 Å². The lowest BCUT2D eigenvalue weighted by Gasteiger charge is -2.38. The second kappa shape index (κ2) is 7.24. The maximum atomic E-state index is 9.19. The summed E-state index contributed by atoms with van der Waals surface area (Å²) in [7, 11) is -7.33. The highest BCUT2D eigenvalue weighted by atomic mass is 32.2. The summed E-state index contributed by atoms with van der Waals surface area (Å²) in [6.07, 6.45) is 2.53. The van der Waals surface area contributed by atoms with Crippen LogP contribution in [0.25, 0.3) is 0 Å². The van der Waals surface area contributed by atoms with Crippen LogP contribution >= 0.6 is 0 Å². The molecular weight excluding hydrogens is 272 g/mol. The fraction of sp³-hybridized carbons (Fsp3) is 1.00. The van der Waals surface area contributed by atoms with E-state index in [0.29, 0.717) is 12.5 Å². The van der Waals surface area contributed by atoms with E-state index < -0.39 is 20.2 Å². The third kappa shape index (κ3) is 25.8. The minimum atomic E-state index is -3.67. The molecule has 0 aromatic carbocycles. The summed E-state index contributed by atoms with van der Waals surface area (Å²) in [5.74, 6) is 0. The van der Waals surface area contributed by atoms with E-state index in [1.54, 1.807) is 0 Å². The highest BCUT2D eigenvalue weighted by Crippen LogP contribution is 2.09. The first-order valence-electron chi connectivity index (χ1n) is 4.61. The summed E-state index contributed by atoms with van der Waals surface area (Å²) in [6, 6.07) is 0. The van der Waals surface area contributed by atoms with E-state index in [9.17, 15) is 16.8 Å². The Bertz CT molecular complexity index is 347. The SMILES string of the molecule is CCC1(N)CNC1.CS(=O)(=O)O.CS(=O)(=O)O. The first kappa shape index (κ1) is 19.1. The van der Waals surface area contributed by atoms with Crippen molar-refractivity contribution in [2.75, 3.05) is 25.6 Å². The van der Waals surface area contributed by atoms with Gasteiger partial charge < -0.3 is 11.1 Å². The molecule has 1 aliphatic heterocycles. The normalized spacial score (nSPS) is 17.8.